The molecule has 2 aromatic carbocycles. The first-order valence-corrected chi connectivity index (χ1v) is 6.26. The molecule has 19 heavy (non-hydrogen) atoms. The second-order valence-corrected chi connectivity index (χ2v) is 4.73. The van der Waals surface area contributed by atoms with E-state index in [-0.39, 0.29) is 12.4 Å². The Labute approximate surface area is 116 Å². The van der Waals surface area contributed by atoms with E-state index in [9.17, 15) is 9.50 Å². The van der Waals surface area contributed by atoms with E-state index in [0.717, 1.165) is 0 Å². The van der Waals surface area contributed by atoms with Gasteiger partial charge in [0.05, 0.1) is 0 Å². The third-order valence-electron chi connectivity index (χ3n) is 2.79. The maximum Gasteiger partial charge on any atom is 0.126 e. The third kappa shape index (κ3) is 3.69. The largest absolute Gasteiger partial charge is 0.491 e. The molecule has 0 aromatic heterocycles. The summed E-state index contributed by atoms with van der Waals surface area (Å²) in [6, 6.07) is 11.4. The maximum atomic E-state index is 13.1. The first-order valence-electron chi connectivity index (χ1n) is 5.89. The number of rotatable bonds is 4. The van der Waals surface area contributed by atoms with Crippen LogP contribution >= 0.6 is 11.6 Å². The van der Waals surface area contributed by atoms with Crippen molar-refractivity contribution in [2.45, 2.75) is 13.0 Å². The molecular formula is C15H14ClFO2. The van der Waals surface area contributed by atoms with E-state index in [1.807, 2.05) is 0 Å². The predicted octanol–water partition coefficient (Wildman–Crippen LogP) is 3.90. The Morgan fingerprint density at radius 2 is 1.89 bits per heavy atom. The van der Waals surface area contributed by atoms with Gasteiger partial charge in [-0.25, -0.2) is 4.39 Å². The quantitative estimate of drug-likeness (QED) is 0.920. The van der Waals surface area contributed by atoms with Gasteiger partial charge in [-0.15, -0.1) is 0 Å². The molecule has 0 aliphatic heterocycles. The van der Waals surface area contributed by atoms with Crippen LogP contribution in [0.1, 0.15) is 17.2 Å². The summed E-state index contributed by atoms with van der Waals surface area (Å²) in [5, 5.41) is 10.6. The zero-order chi connectivity index (χ0) is 13.8. The van der Waals surface area contributed by atoms with Crippen molar-refractivity contribution in [2.24, 2.45) is 0 Å². The third-order valence-corrected chi connectivity index (χ3v) is 3.04. The summed E-state index contributed by atoms with van der Waals surface area (Å²) in [7, 11) is 0. The van der Waals surface area contributed by atoms with E-state index < -0.39 is 6.10 Å². The minimum absolute atomic E-state index is 0.104. The second-order valence-electron chi connectivity index (χ2n) is 4.29. The van der Waals surface area contributed by atoms with Crippen LogP contribution < -0.4 is 4.74 Å². The lowest BCUT2D eigenvalue weighted by molar-refractivity contribution is 0.108. The van der Waals surface area contributed by atoms with Crippen LogP contribution in [0.4, 0.5) is 4.39 Å². The van der Waals surface area contributed by atoms with Gasteiger partial charge in [0.15, 0.2) is 0 Å². The zero-order valence-electron chi connectivity index (χ0n) is 10.4. The fraction of sp³-hybridized carbons (Fsp3) is 0.200. The van der Waals surface area contributed by atoms with Crippen molar-refractivity contribution < 1.29 is 14.2 Å². The summed E-state index contributed by atoms with van der Waals surface area (Å²) < 4.78 is 18.6. The Bertz CT molecular complexity index is 555. The fourth-order valence-corrected chi connectivity index (χ4v) is 1.80. The average Bonchev–Trinajstić information content (AvgIpc) is 2.41. The van der Waals surface area contributed by atoms with Crippen molar-refractivity contribution in [3.05, 3.63) is 64.4 Å². The van der Waals surface area contributed by atoms with Crippen LogP contribution in [0.15, 0.2) is 42.5 Å². The molecule has 1 atom stereocenters. The normalized spacial score (nSPS) is 12.2. The van der Waals surface area contributed by atoms with E-state index in [0.29, 0.717) is 21.9 Å². The van der Waals surface area contributed by atoms with Gasteiger partial charge in [-0.3, -0.25) is 0 Å². The topological polar surface area (TPSA) is 29.5 Å². The molecule has 1 N–H and O–H groups in total. The SMILES string of the molecule is Cc1cc(C(O)COc2ccc(Cl)cc2)ccc1F. The molecule has 0 radical (unpaired) electrons. The minimum atomic E-state index is -0.796. The van der Waals surface area contributed by atoms with Gasteiger partial charge in [-0.05, 0) is 48.4 Å². The molecule has 0 amide bonds. The van der Waals surface area contributed by atoms with Gasteiger partial charge in [0.2, 0.25) is 0 Å². The van der Waals surface area contributed by atoms with Crippen LogP contribution in [-0.2, 0) is 0 Å². The van der Waals surface area contributed by atoms with E-state index in [2.05, 4.69) is 0 Å². The van der Waals surface area contributed by atoms with Gasteiger partial charge in [-0.1, -0.05) is 23.7 Å². The van der Waals surface area contributed by atoms with Crippen molar-refractivity contribution in [3.63, 3.8) is 0 Å². The van der Waals surface area contributed by atoms with Crippen LogP contribution in [-0.4, -0.2) is 11.7 Å². The molecule has 0 fully saturated rings. The zero-order valence-corrected chi connectivity index (χ0v) is 11.2. The molecule has 100 valence electrons. The van der Waals surface area contributed by atoms with E-state index in [1.54, 1.807) is 43.3 Å². The van der Waals surface area contributed by atoms with Crippen LogP contribution in [0.3, 0.4) is 0 Å². The number of hydrogen-bond donors (Lipinski definition) is 1. The Balaban J connectivity index is 1.98. The highest BCUT2D eigenvalue weighted by Crippen LogP contribution is 2.20. The van der Waals surface area contributed by atoms with Crippen molar-refractivity contribution in [3.8, 4) is 5.75 Å². The number of benzene rings is 2. The smallest absolute Gasteiger partial charge is 0.126 e. The summed E-state index contributed by atoms with van der Waals surface area (Å²) in [5.41, 5.74) is 1.14. The highest BCUT2D eigenvalue weighted by Gasteiger charge is 2.10. The van der Waals surface area contributed by atoms with Gasteiger partial charge >= 0.3 is 0 Å². The lowest BCUT2D eigenvalue weighted by Gasteiger charge is -2.13. The van der Waals surface area contributed by atoms with Crippen molar-refractivity contribution in [1.29, 1.82) is 0 Å². The van der Waals surface area contributed by atoms with E-state index >= 15 is 0 Å². The van der Waals surface area contributed by atoms with Gasteiger partial charge in [0.1, 0.15) is 24.3 Å². The maximum absolute atomic E-state index is 13.1. The Kier molecular flexibility index (Phi) is 4.40. The fourth-order valence-electron chi connectivity index (χ4n) is 1.68. The molecule has 4 heteroatoms. The molecule has 0 spiro atoms. The molecule has 0 heterocycles. The minimum Gasteiger partial charge on any atom is -0.491 e. The number of hydrogen-bond acceptors (Lipinski definition) is 2. The average molecular weight is 281 g/mol. The second kappa shape index (κ2) is 6.04. The first-order chi connectivity index (χ1) is 9.06. The number of ether oxygens (including phenoxy) is 1. The molecule has 0 saturated carbocycles. The molecule has 1 unspecified atom stereocenters. The molecule has 0 aliphatic rings. The van der Waals surface area contributed by atoms with Gasteiger partial charge in [0, 0.05) is 5.02 Å². The Hall–Kier alpha value is -1.58. The molecule has 2 aromatic rings. The monoisotopic (exact) mass is 280 g/mol. The summed E-state index contributed by atoms with van der Waals surface area (Å²) in [6.07, 6.45) is -0.796. The number of aliphatic hydroxyl groups excluding tert-OH is 1. The standard InChI is InChI=1S/C15H14ClFO2/c1-10-8-11(2-7-14(10)17)15(18)9-19-13-5-3-12(16)4-6-13/h2-8,15,18H,9H2,1H3. The van der Waals surface area contributed by atoms with Gasteiger partial charge in [0.25, 0.3) is 0 Å². The van der Waals surface area contributed by atoms with Crippen molar-refractivity contribution in [1.82, 2.24) is 0 Å². The summed E-state index contributed by atoms with van der Waals surface area (Å²) in [6.45, 7) is 1.76. The number of aliphatic hydroxyl groups is 1. The van der Waals surface area contributed by atoms with Crippen LogP contribution in [0, 0.1) is 12.7 Å². The highest BCUT2D eigenvalue weighted by molar-refractivity contribution is 6.30. The van der Waals surface area contributed by atoms with Crippen LogP contribution in [0.5, 0.6) is 5.75 Å². The van der Waals surface area contributed by atoms with E-state index in [4.69, 9.17) is 16.3 Å². The van der Waals surface area contributed by atoms with Crippen molar-refractivity contribution >= 4 is 11.6 Å². The van der Waals surface area contributed by atoms with E-state index in [1.165, 1.54) is 6.07 Å². The summed E-state index contributed by atoms with van der Waals surface area (Å²) in [5.74, 6) is 0.344. The summed E-state index contributed by atoms with van der Waals surface area (Å²) in [4.78, 5) is 0. The predicted molar refractivity (Wildman–Crippen MR) is 73.0 cm³/mol. The number of halogens is 2. The lowest BCUT2D eigenvalue weighted by atomic mass is 10.1. The lowest BCUT2D eigenvalue weighted by Crippen LogP contribution is -2.10. The molecule has 2 rings (SSSR count). The molecule has 0 saturated heterocycles. The first kappa shape index (κ1) is 13.8. The molecule has 0 aliphatic carbocycles. The van der Waals surface area contributed by atoms with Crippen LogP contribution in [0.2, 0.25) is 5.02 Å². The van der Waals surface area contributed by atoms with Crippen molar-refractivity contribution in [2.75, 3.05) is 6.61 Å². The number of aryl methyl sites for hydroxylation is 1. The van der Waals surface area contributed by atoms with Crippen LogP contribution in [0.25, 0.3) is 0 Å². The highest BCUT2D eigenvalue weighted by atomic mass is 35.5. The van der Waals surface area contributed by atoms with Gasteiger partial charge in [-0.2, -0.15) is 0 Å². The molecular weight excluding hydrogens is 267 g/mol. The van der Waals surface area contributed by atoms with Gasteiger partial charge < -0.3 is 9.84 Å². The molecule has 2 nitrogen and oxygen atoms in total. The Morgan fingerprint density at radius 1 is 1.21 bits per heavy atom. The summed E-state index contributed by atoms with van der Waals surface area (Å²) >= 11 is 5.76. The molecule has 0 bridgehead atoms. The Morgan fingerprint density at radius 3 is 2.53 bits per heavy atom.